The summed E-state index contributed by atoms with van der Waals surface area (Å²) in [5, 5.41) is 12.3. The molecule has 1 aliphatic rings. The summed E-state index contributed by atoms with van der Waals surface area (Å²) >= 11 is 3.50. The zero-order valence-corrected chi connectivity index (χ0v) is 16.5. The Morgan fingerprint density at radius 1 is 1.22 bits per heavy atom. The van der Waals surface area contributed by atoms with Crippen molar-refractivity contribution in [3.05, 3.63) is 69.7 Å². The zero-order valence-electron chi connectivity index (χ0n) is 15.0. The monoisotopic (exact) mass is 424 g/mol. The predicted molar refractivity (Wildman–Crippen MR) is 109 cm³/mol. The van der Waals surface area contributed by atoms with E-state index in [1.54, 1.807) is 6.08 Å². The van der Waals surface area contributed by atoms with Crippen molar-refractivity contribution in [1.29, 1.82) is 5.26 Å². The summed E-state index contributed by atoms with van der Waals surface area (Å²) < 4.78 is 6.61. The van der Waals surface area contributed by atoms with E-state index in [0.29, 0.717) is 12.4 Å². The van der Waals surface area contributed by atoms with Crippen LogP contribution in [0, 0.1) is 11.3 Å². The van der Waals surface area contributed by atoms with Gasteiger partial charge in [0.15, 0.2) is 0 Å². The van der Waals surface area contributed by atoms with Crippen LogP contribution in [0.5, 0.6) is 5.75 Å². The molecule has 27 heavy (non-hydrogen) atoms. The van der Waals surface area contributed by atoms with Gasteiger partial charge in [-0.2, -0.15) is 5.26 Å². The third kappa shape index (κ3) is 5.45. The van der Waals surface area contributed by atoms with Gasteiger partial charge in [-0.3, -0.25) is 4.79 Å². The topological polar surface area (TPSA) is 62.1 Å². The molecule has 0 spiro atoms. The van der Waals surface area contributed by atoms with E-state index in [9.17, 15) is 10.1 Å². The van der Waals surface area contributed by atoms with Crippen molar-refractivity contribution in [3.63, 3.8) is 0 Å². The van der Waals surface area contributed by atoms with Crippen LogP contribution in [-0.4, -0.2) is 11.9 Å². The molecule has 2 aromatic rings. The molecule has 1 aliphatic carbocycles. The summed E-state index contributed by atoms with van der Waals surface area (Å²) in [7, 11) is 0. The molecule has 2 aromatic carbocycles. The third-order valence-electron chi connectivity index (χ3n) is 4.56. The number of carbonyl (C=O) groups is 1. The van der Waals surface area contributed by atoms with Gasteiger partial charge in [0.2, 0.25) is 0 Å². The van der Waals surface area contributed by atoms with Gasteiger partial charge in [0.05, 0.1) is 4.47 Å². The zero-order chi connectivity index (χ0) is 19.1. The number of carbonyl (C=O) groups excluding carboxylic acids is 1. The van der Waals surface area contributed by atoms with E-state index >= 15 is 0 Å². The van der Waals surface area contributed by atoms with Gasteiger partial charge in [-0.15, -0.1) is 0 Å². The van der Waals surface area contributed by atoms with Crippen LogP contribution in [0.15, 0.2) is 58.6 Å². The Hall–Kier alpha value is -2.58. The van der Waals surface area contributed by atoms with Crippen LogP contribution < -0.4 is 10.1 Å². The second kappa shape index (κ2) is 9.38. The largest absolute Gasteiger partial charge is 0.488 e. The number of amides is 1. The number of nitrogens with one attached hydrogen (secondary N) is 1. The average Bonchev–Trinajstić information content (AvgIpc) is 3.19. The van der Waals surface area contributed by atoms with Crippen LogP contribution in [0.1, 0.15) is 36.8 Å². The minimum atomic E-state index is -0.301. The SMILES string of the molecule is N#CC(=Cc1ccc(OCc2ccccc2)c(Br)c1)C(=O)NC1CCCC1. The Labute approximate surface area is 168 Å². The lowest BCUT2D eigenvalue weighted by atomic mass is 10.1. The average molecular weight is 425 g/mol. The molecule has 5 heteroatoms. The van der Waals surface area contributed by atoms with Crippen molar-refractivity contribution >= 4 is 27.9 Å². The van der Waals surface area contributed by atoms with Crippen LogP contribution in [0.2, 0.25) is 0 Å². The number of hydrogen-bond donors (Lipinski definition) is 1. The van der Waals surface area contributed by atoms with Crippen molar-refractivity contribution < 1.29 is 9.53 Å². The molecular formula is C22H21BrN2O2. The highest BCUT2D eigenvalue weighted by molar-refractivity contribution is 9.10. The number of ether oxygens (including phenoxy) is 1. The Kier molecular flexibility index (Phi) is 6.67. The standard InChI is InChI=1S/C22H21BrN2O2/c23-20-13-17(10-11-21(20)27-15-16-6-2-1-3-7-16)12-18(14-24)22(26)25-19-8-4-5-9-19/h1-3,6-7,10-13,19H,4-5,8-9,15H2,(H,25,26). The van der Waals surface area contributed by atoms with Gasteiger partial charge >= 0.3 is 0 Å². The van der Waals surface area contributed by atoms with Crippen LogP contribution in [-0.2, 0) is 11.4 Å². The molecule has 4 nitrogen and oxygen atoms in total. The van der Waals surface area contributed by atoms with Crippen LogP contribution in [0.25, 0.3) is 6.08 Å². The fourth-order valence-corrected chi connectivity index (χ4v) is 3.62. The van der Waals surface area contributed by atoms with Gasteiger partial charge in [-0.05, 0) is 58.1 Å². The van der Waals surface area contributed by atoms with Crippen molar-refractivity contribution in [2.45, 2.75) is 38.3 Å². The number of nitriles is 1. The fraction of sp³-hybridized carbons (Fsp3) is 0.273. The molecule has 0 radical (unpaired) electrons. The highest BCUT2D eigenvalue weighted by Crippen LogP contribution is 2.28. The van der Waals surface area contributed by atoms with E-state index in [0.717, 1.165) is 41.3 Å². The lowest BCUT2D eigenvalue weighted by Gasteiger charge is -2.11. The number of rotatable bonds is 6. The second-order valence-corrected chi connectivity index (χ2v) is 7.44. The second-order valence-electron chi connectivity index (χ2n) is 6.59. The first kappa shape index (κ1) is 19.2. The molecule has 0 atom stereocenters. The molecule has 1 amide bonds. The number of nitrogens with zero attached hydrogens (tertiary/aromatic N) is 1. The third-order valence-corrected chi connectivity index (χ3v) is 5.18. The molecule has 1 fully saturated rings. The fourth-order valence-electron chi connectivity index (χ4n) is 3.11. The number of halogens is 1. The molecule has 0 bridgehead atoms. The lowest BCUT2D eigenvalue weighted by Crippen LogP contribution is -2.33. The first-order chi connectivity index (χ1) is 13.2. The Balaban J connectivity index is 1.67. The smallest absolute Gasteiger partial charge is 0.262 e. The van der Waals surface area contributed by atoms with E-state index in [4.69, 9.17) is 4.74 Å². The highest BCUT2D eigenvalue weighted by atomic mass is 79.9. The summed E-state index contributed by atoms with van der Waals surface area (Å²) in [6.45, 7) is 0.474. The van der Waals surface area contributed by atoms with Gasteiger partial charge in [-0.1, -0.05) is 49.2 Å². The first-order valence-corrected chi connectivity index (χ1v) is 9.84. The van der Waals surface area contributed by atoms with Crippen LogP contribution in [0.3, 0.4) is 0 Å². The number of benzene rings is 2. The molecular weight excluding hydrogens is 404 g/mol. The van der Waals surface area contributed by atoms with Crippen molar-refractivity contribution in [2.24, 2.45) is 0 Å². The molecule has 0 heterocycles. The Bertz CT molecular complexity index is 866. The lowest BCUT2D eigenvalue weighted by molar-refractivity contribution is -0.117. The van der Waals surface area contributed by atoms with E-state index in [1.165, 1.54) is 0 Å². The maximum Gasteiger partial charge on any atom is 0.262 e. The van der Waals surface area contributed by atoms with E-state index in [2.05, 4.69) is 21.2 Å². The van der Waals surface area contributed by atoms with E-state index < -0.39 is 0 Å². The van der Waals surface area contributed by atoms with Gasteiger partial charge in [0.1, 0.15) is 24.0 Å². The van der Waals surface area contributed by atoms with Crippen molar-refractivity contribution in [3.8, 4) is 11.8 Å². The van der Waals surface area contributed by atoms with E-state index in [-0.39, 0.29) is 17.5 Å². The molecule has 138 valence electrons. The molecule has 3 rings (SSSR count). The summed E-state index contributed by atoms with van der Waals surface area (Å²) in [6, 6.07) is 17.6. The van der Waals surface area contributed by atoms with E-state index in [1.807, 2.05) is 54.6 Å². The maximum absolute atomic E-state index is 12.3. The number of hydrogen-bond acceptors (Lipinski definition) is 3. The summed E-state index contributed by atoms with van der Waals surface area (Å²) in [5.74, 6) is 0.412. The summed E-state index contributed by atoms with van der Waals surface area (Å²) in [5.41, 5.74) is 1.97. The summed E-state index contributed by atoms with van der Waals surface area (Å²) in [6.07, 6.45) is 5.85. The summed E-state index contributed by atoms with van der Waals surface area (Å²) in [4.78, 5) is 12.3. The first-order valence-electron chi connectivity index (χ1n) is 9.04. The quantitative estimate of drug-likeness (QED) is 0.524. The van der Waals surface area contributed by atoms with Crippen molar-refractivity contribution in [1.82, 2.24) is 5.32 Å². The normalized spacial score (nSPS) is 14.6. The van der Waals surface area contributed by atoms with Gasteiger partial charge in [0, 0.05) is 6.04 Å². The Morgan fingerprint density at radius 2 is 1.96 bits per heavy atom. The molecule has 0 aromatic heterocycles. The minimum Gasteiger partial charge on any atom is -0.488 e. The van der Waals surface area contributed by atoms with Crippen molar-refractivity contribution in [2.75, 3.05) is 0 Å². The van der Waals surface area contributed by atoms with Gasteiger partial charge in [0.25, 0.3) is 5.91 Å². The van der Waals surface area contributed by atoms with Crippen LogP contribution >= 0.6 is 15.9 Å². The minimum absolute atomic E-state index is 0.117. The molecule has 0 unspecified atom stereocenters. The van der Waals surface area contributed by atoms with Crippen LogP contribution in [0.4, 0.5) is 0 Å². The van der Waals surface area contributed by atoms with Gasteiger partial charge < -0.3 is 10.1 Å². The maximum atomic E-state index is 12.3. The highest BCUT2D eigenvalue weighted by Gasteiger charge is 2.19. The molecule has 0 aliphatic heterocycles. The molecule has 1 N–H and O–H groups in total. The molecule has 1 saturated carbocycles. The predicted octanol–water partition coefficient (Wildman–Crippen LogP) is 4.99. The molecule has 0 saturated heterocycles. The van der Waals surface area contributed by atoms with Gasteiger partial charge in [-0.25, -0.2) is 0 Å². The Morgan fingerprint density at radius 3 is 2.63 bits per heavy atom.